The summed E-state index contributed by atoms with van der Waals surface area (Å²) in [4.78, 5) is 20.3. The van der Waals surface area contributed by atoms with E-state index < -0.39 is 17.9 Å². The van der Waals surface area contributed by atoms with Gasteiger partial charge in [-0.25, -0.2) is 28.1 Å². The maximum Gasteiger partial charge on any atom is 0.280 e. The van der Waals surface area contributed by atoms with Gasteiger partial charge in [-0.05, 0) is 55.0 Å². The normalized spacial score (nSPS) is 11.1. The molecule has 0 fully saturated rings. The first-order valence-electron chi connectivity index (χ1n) is 9.71. The van der Waals surface area contributed by atoms with Gasteiger partial charge in [-0.2, -0.15) is 4.98 Å². The predicted octanol–water partition coefficient (Wildman–Crippen LogP) is 4.12. The second kappa shape index (κ2) is 9.07. The predicted molar refractivity (Wildman–Crippen MR) is 116 cm³/mol. The van der Waals surface area contributed by atoms with Crippen LogP contribution < -0.4 is 16.2 Å². The highest BCUT2D eigenvalue weighted by molar-refractivity contribution is 5.85. The summed E-state index contributed by atoms with van der Waals surface area (Å²) in [5.74, 6) is -0.461. The summed E-state index contributed by atoms with van der Waals surface area (Å²) in [5, 5.41) is 0. The number of nitrogens with two attached hydrogens (primary N) is 2. The molecule has 0 aliphatic rings. The molecular formula is C22H18F3N7O. The molecule has 33 heavy (non-hydrogen) atoms. The molecule has 0 unspecified atom stereocenters. The summed E-state index contributed by atoms with van der Waals surface area (Å²) in [6.07, 6.45) is -1.32. The molecule has 4 aromatic rings. The highest BCUT2D eigenvalue weighted by Gasteiger charge is 2.21. The Labute approximate surface area is 186 Å². The molecule has 0 atom stereocenters. The van der Waals surface area contributed by atoms with Gasteiger partial charge in [0.15, 0.2) is 0 Å². The Morgan fingerprint density at radius 2 is 1.67 bits per heavy atom. The van der Waals surface area contributed by atoms with E-state index in [0.29, 0.717) is 28.1 Å². The monoisotopic (exact) mass is 453 g/mol. The lowest BCUT2D eigenvalue weighted by Crippen LogP contribution is -2.08. The van der Waals surface area contributed by atoms with Gasteiger partial charge in [0.1, 0.15) is 18.1 Å². The number of hydrogen-bond acceptors (Lipinski definition) is 8. The number of nitrogens with zero attached hydrogens (tertiary/aromatic N) is 5. The van der Waals surface area contributed by atoms with Crippen molar-refractivity contribution in [1.82, 2.24) is 24.9 Å². The number of aromatic nitrogens is 5. The second-order valence-corrected chi connectivity index (χ2v) is 7.04. The molecule has 4 N–H and O–H groups in total. The molecule has 0 spiro atoms. The number of halogens is 3. The molecule has 168 valence electrons. The largest absolute Gasteiger partial charge is 0.471 e. The first-order chi connectivity index (χ1) is 15.8. The molecule has 0 aliphatic carbocycles. The number of anilines is 2. The summed E-state index contributed by atoms with van der Waals surface area (Å²) < 4.78 is 46.3. The van der Waals surface area contributed by atoms with Crippen LogP contribution in [0.2, 0.25) is 0 Å². The van der Waals surface area contributed by atoms with Gasteiger partial charge >= 0.3 is 0 Å². The average molecular weight is 453 g/mol. The van der Waals surface area contributed by atoms with Gasteiger partial charge in [0.05, 0.1) is 17.0 Å². The molecule has 1 aromatic carbocycles. The number of nitrogen functional groups attached to an aromatic ring is 2. The maximum absolute atomic E-state index is 13.5. The zero-order chi connectivity index (χ0) is 23.5. The van der Waals surface area contributed by atoms with E-state index in [9.17, 15) is 13.2 Å². The van der Waals surface area contributed by atoms with Crippen molar-refractivity contribution >= 4 is 11.9 Å². The van der Waals surface area contributed by atoms with Crippen LogP contribution in [0.3, 0.4) is 0 Å². The van der Waals surface area contributed by atoms with E-state index in [2.05, 4.69) is 24.9 Å². The minimum absolute atomic E-state index is 0.0322. The van der Waals surface area contributed by atoms with Gasteiger partial charge in [-0.15, -0.1) is 0 Å². The highest BCUT2D eigenvalue weighted by Crippen LogP contribution is 2.39. The average Bonchev–Trinajstić information content (AvgIpc) is 2.77. The molecule has 0 aliphatic heterocycles. The number of pyridine rings is 1. The number of benzene rings is 1. The van der Waals surface area contributed by atoms with Gasteiger partial charge < -0.3 is 16.2 Å². The number of hydrogen-bond donors (Lipinski definition) is 2. The quantitative estimate of drug-likeness (QED) is 0.446. The van der Waals surface area contributed by atoms with Crippen LogP contribution in [0, 0.1) is 12.7 Å². The lowest BCUT2D eigenvalue weighted by Gasteiger charge is -2.16. The van der Waals surface area contributed by atoms with E-state index in [0.717, 1.165) is 0 Å². The molecule has 0 radical (unpaired) electrons. The van der Waals surface area contributed by atoms with Crippen molar-refractivity contribution in [3.05, 3.63) is 71.6 Å². The van der Waals surface area contributed by atoms with Crippen LogP contribution in [0.1, 0.15) is 23.5 Å². The zero-order valence-corrected chi connectivity index (χ0v) is 17.3. The third-order valence-electron chi connectivity index (χ3n) is 4.58. The van der Waals surface area contributed by atoms with E-state index in [4.69, 9.17) is 16.2 Å². The smallest absolute Gasteiger partial charge is 0.280 e. The Hall–Kier alpha value is -4.28. The molecule has 0 bridgehead atoms. The number of aryl methyl sites for hydroxylation is 1. The summed E-state index contributed by atoms with van der Waals surface area (Å²) in [6.45, 7) is 1.54. The number of rotatable bonds is 6. The standard InChI is InChI=1S/C22H18F3N7O/c1-11-8-13(9-16(29-11)19(24)25)17-18(12-2-4-14(23)5-3-12)31-22(27)32-20(17)33-10-15-6-7-28-21(26)30-15/h2-9,19H,10H2,1H3,(H2,26,28,30)(H2,27,31,32). The van der Waals surface area contributed by atoms with Gasteiger partial charge in [0.25, 0.3) is 6.43 Å². The van der Waals surface area contributed by atoms with Crippen LogP contribution in [0.4, 0.5) is 25.1 Å². The Bertz CT molecular complexity index is 1300. The van der Waals surface area contributed by atoms with Crippen molar-refractivity contribution in [2.24, 2.45) is 0 Å². The summed E-state index contributed by atoms with van der Waals surface area (Å²) >= 11 is 0. The maximum atomic E-state index is 13.5. The molecule has 11 heteroatoms. The number of ether oxygens (including phenoxy) is 1. The fourth-order valence-corrected chi connectivity index (χ4v) is 3.22. The van der Waals surface area contributed by atoms with Crippen molar-refractivity contribution in [2.75, 3.05) is 11.5 Å². The van der Waals surface area contributed by atoms with E-state index in [1.807, 2.05) is 0 Å². The lowest BCUT2D eigenvalue weighted by atomic mass is 9.99. The molecule has 0 amide bonds. The Balaban J connectivity index is 1.89. The van der Waals surface area contributed by atoms with E-state index in [1.54, 1.807) is 19.1 Å². The first-order valence-corrected chi connectivity index (χ1v) is 9.71. The van der Waals surface area contributed by atoms with Crippen LogP contribution in [-0.2, 0) is 6.61 Å². The molecular weight excluding hydrogens is 435 g/mol. The second-order valence-electron chi connectivity index (χ2n) is 7.04. The Kier molecular flexibility index (Phi) is 6.03. The molecule has 4 rings (SSSR count). The molecule has 8 nitrogen and oxygen atoms in total. The third kappa shape index (κ3) is 4.97. The van der Waals surface area contributed by atoms with Crippen molar-refractivity contribution in [1.29, 1.82) is 0 Å². The molecule has 0 saturated heterocycles. The van der Waals surface area contributed by atoms with Gasteiger partial charge in [-0.1, -0.05) is 0 Å². The van der Waals surface area contributed by atoms with E-state index >= 15 is 0 Å². The van der Waals surface area contributed by atoms with Crippen LogP contribution in [-0.4, -0.2) is 24.9 Å². The first kappa shape index (κ1) is 21.9. The van der Waals surface area contributed by atoms with Crippen molar-refractivity contribution in [3.63, 3.8) is 0 Å². The van der Waals surface area contributed by atoms with Crippen LogP contribution in [0.15, 0.2) is 48.7 Å². The molecule has 0 saturated carbocycles. The SMILES string of the molecule is Cc1cc(-c2c(OCc3ccnc(N)n3)nc(N)nc2-c2ccc(F)cc2)cc(C(F)F)n1. The van der Waals surface area contributed by atoms with E-state index in [1.165, 1.54) is 36.5 Å². The number of alkyl halides is 2. The van der Waals surface area contributed by atoms with Crippen LogP contribution in [0.5, 0.6) is 5.88 Å². The van der Waals surface area contributed by atoms with Gasteiger partial charge in [-0.3, -0.25) is 4.98 Å². The summed E-state index contributed by atoms with van der Waals surface area (Å²) in [7, 11) is 0. The fraction of sp³-hybridized carbons (Fsp3) is 0.136. The topological polar surface area (TPSA) is 126 Å². The van der Waals surface area contributed by atoms with Gasteiger partial charge in [0, 0.05) is 17.5 Å². The Morgan fingerprint density at radius 3 is 2.36 bits per heavy atom. The minimum Gasteiger partial charge on any atom is -0.471 e. The third-order valence-corrected chi connectivity index (χ3v) is 4.58. The van der Waals surface area contributed by atoms with Crippen LogP contribution >= 0.6 is 0 Å². The van der Waals surface area contributed by atoms with Crippen molar-refractivity contribution in [2.45, 2.75) is 20.0 Å². The lowest BCUT2D eigenvalue weighted by molar-refractivity contribution is 0.146. The van der Waals surface area contributed by atoms with Gasteiger partial charge in [0.2, 0.25) is 17.8 Å². The molecule has 3 heterocycles. The Morgan fingerprint density at radius 1 is 0.909 bits per heavy atom. The fourth-order valence-electron chi connectivity index (χ4n) is 3.22. The summed E-state index contributed by atoms with van der Waals surface area (Å²) in [5.41, 5.74) is 13.4. The minimum atomic E-state index is -2.79. The van der Waals surface area contributed by atoms with E-state index in [-0.39, 0.29) is 30.1 Å². The summed E-state index contributed by atoms with van der Waals surface area (Å²) in [6, 6.07) is 9.94. The highest BCUT2D eigenvalue weighted by atomic mass is 19.3. The van der Waals surface area contributed by atoms with Crippen molar-refractivity contribution in [3.8, 4) is 28.3 Å². The molecule has 3 aromatic heterocycles. The van der Waals surface area contributed by atoms with Crippen molar-refractivity contribution < 1.29 is 17.9 Å². The zero-order valence-electron chi connectivity index (χ0n) is 17.3. The van der Waals surface area contributed by atoms with Crippen LogP contribution in [0.25, 0.3) is 22.4 Å².